The zero-order valence-electron chi connectivity index (χ0n) is 15.6. The molecule has 2 amide bonds. The molecule has 1 atom stereocenters. The lowest BCUT2D eigenvalue weighted by atomic mass is 10.0. The molecular weight excluding hydrogens is 374 g/mol. The highest BCUT2D eigenvalue weighted by molar-refractivity contribution is 6.33. The molecular formula is C22H22ClN3O2. The normalized spacial score (nSPS) is 14.6. The molecule has 6 heteroatoms. The van der Waals surface area contributed by atoms with E-state index in [1.807, 2.05) is 37.5 Å². The number of benzene rings is 2. The molecule has 5 nitrogen and oxygen atoms in total. The SMILES string of the molecule is CN(C(=O)C(Cc1c[nH]c2ccccc12)NC(=O)c1ccccc1Cl)C1CC1. The third-order valence-corrected chi connectivity index (χ3v) is 5.59. The van der Waals surface area contributed by atoms with E-state index in [1.54, 1.807) is 29.2 Å². The Bertz CT molecular complexity index is 1030. The number of rotatable bonds is 6. The Morgan fingerprint density at radius 3 is 2.64 bits per heavy atom. The van der Waals surface area contributed by atoms with E-state index in [9.17, 15) is 9.59 Å². The van der Waals surface area contributed by atoms with Gasteiger partial charge in [-0.05, 0) is 36.6 Å². The number of fused-ring (bicyclic) bond motifs is 1. The number of aromatic amines is 1. The molecule has 2 N–H and O–H groups in total. The maximum absolute atomic E-state index is 13.1. The first-order valence-electron chi connectivity index (χ1n) is 9.41. The van der Waals surface area contributed by atoms with E-state index in [1.165, 1.54) is 0 Å². The molecule has 0 aliphatic heterocycles. The summed E-state index contributed by atoms with van der Waals surface area (Å²) in [5.74, 6) is -0.416. The summed E-state index contributed by atoms with van der Waals surface area (Å²) in [5, 5.41) is 4.34. The molecule has 0 bridgehead atoms. The van der Waals surface area contributed by atoms with Gasteiger partial charge in [0.2, 0.25) is 5.91 Å². The van der Waals surface area contributed by atoms with Crippen LogP contribution in [-0.4, -0.2) is 40.8 Å². The number of hydrogen-bond acceptors (Lipinski definition) is 2. The van der Waals surface area contributed by atoms with Gasteiger partial charge in [0.05, 0.1) is 10.6 Å². The molecule has 2 aromatic carbocycles. The van der Waals surface area contributed by atoms with Gasteiger partial charge in [-0.3, -0.25) is 9.59 Å². The topological polar surface area (TPSA) is 65.2 Å². The third-order valence-electron chi connectivity index (χ3n) is 5.26. The van der Waals surface area contributed by atoms with Crippen molar-refractivity contribution in [2.24, 2.45) is 0 Å². The van der Waals surface area contributed by atoms with Crippen LogP contribution in [0, 0.1) is 0 Å². The Balaban J connectivity index is 1.61. The van der Waals surface area contributed by atoms with Crippen molar-refractivity contribution >= 4 is 34.3 Å². The maximum atomic E-state index is 13.1. The van der Waals surface area contributed by atoms with Crippen molar-refractivity contribution in [2.75, 3.05) is 7.05 Å². The Hall–Kier alpha value is -2.79. The summed E-state index contributed by atoms with van der Waals surface area (Å²) in [7, 11) is 1.81. The van der Waals surface area contributed by atoms with E-state index in [2.05, 4.69) is 10.3 Å². The quantitative estimate of drug-likeness (QED) is 0.667. The number of amides is 2. The van der Waals surface area contributed by atoms with Crippen LogP contribution in [0.2, 0.25) is 5.02 Å². The van der Waals surface area contributed by atoms with Crippen molar-refractivity contribution in [1.29, 1.82) is 0 Å². The van der Waals surface area contributed by atoms with Crippen molar-refractivity contribution in [1.82, 2.24) is 15.2 Å². The minimum atomic E-state index is -0.659. The van der Waals surface area contributed by atoms with Crippen molar-refractivity contribution in [3.8, 4) is 0 Å². The minimum absolute atomic E-state index is 0.0758. The maximum Gasteiger partial charge on any atom is 0.253 e. The summed E-state index contributed by atoms with van der Waals surface area (Å²) >= 11 is 6.16. The van der Waals surface area contributed by atoms with Crippen molar-refractivity contribution < 1.29 is 9.59 Å². The molecule has 1 fully saturated rings. The van der Waals surface area contributed by atoms with Crippen LogP contribution in [0.1, 0.15) is 28.8 Å². The molecule has 1 unspecified atom stereocenters. The molecule has 0 spiro atoms. The molecule has 1 aromatic heterocycles. The van der Waals surface area contributed by atoms with E-state index < -0.39 is 6.04 Å². The highest BCUT2D eigenvalue weighted by Gasteiger charge is 2.34. The van der Waals surface area contributed by atoms with Crippen molar-refractivity contribution in [3.63, 3.8) is 0 Å². The second-order valence-electron chi connectivity index (χ2n) is 7.25. The van der Waals surface area contributed by atoms with Crippen LogP contribution in [0.15, 0.2) is 54.7 Å². The number of halogens is 1. The number of carbonyl (C=O) groups excluding carboxylic acids is 2. The van der Waals surface area contributed by atoms with Crippen LogP contribution in [0.25, 0.3) is 10.9 Å². The van der Waals surface area contributed by atoms with Gasteiger partial charge in [0.25, 0.3) is 5.91 Å². The highest BCUT2D eigenvalue weighted by atomic mass is 35.5. The van der Waals surface area contributed by atoms with Crippen LogP contribution in [0.4, 0.5) is 0 Å². The van der Waals surface area contributed by atoms with Gasteiger partial charge in [0.15, 0.2) is 0 Å². The summed E-state index contributed by atoms with van der Waals surface area (Å²) in [6, 6.07) is 14.4. The summed E-state index contributed by atoms with van der Waals surface area (Å²) in [5.41, 5.74) is 2.38. The predicted octanol–water partition coefficient (Wildman–Crippen LogP) is 3.78. The smallest absolute Gasteiger partial charge is 0.253 e. The van der Waals surface area contributed by atoms with Crippen LogP contribution >= 0.6 is 11.6 Å². The Kier molecular flexibility index (Phi) is 5.09. The molecule has 144 valence electrons. The Labute approximate surface area is 168 Å². The van der Waals surface area contributed by atoms with Gasteiger partial charge in [-0.25, -0.2) is 0 Å². The number of carbonyl (C=O) groups is 2. The van der Waals surface area contributed by atoms with Gasteiger partial charge < -0.3 is 15.2 Å². The minimum Gasteiger partial charge on any atom is -0.361 e. The first-order valence-corrected chi connectivity index (χ1v) is 9.79. The lowest BCUT2D eigenvalue weighted by Crippen LogP contribution is -2.49. The second kappa shape index (κ2) is 7.68. The van der Waals surface area contributed by atoms with Crippen molar-refractivity contribution in [3.05, 3.63) is 70.9 Å². The van der Waals surface area contributed by atoms with Gasteiger partial charge >= 0.3 is 0 Å². The van der Waals surface area contributed by atoms with Crippen LogP contribution in [0.3, 0.4) is 0 Å². The average molecular weight is 396 g/mol. The lowest BCUT2D eigenvalue weighted by Gasteiger charge is -2.24. The van der Waals surface area contributed by atoms with Crippen LogP contribution in [-0.2, 0) is 11.2 Å². The summed E-state index contributed by atoms with van der Waals surface area (Å²) in [4.78, 5) is 30.9. The molecule has 1 saturated carbocycles. The van der Waals surface area contributed by atoms with E-state index >= 15 is 0 Å². The van der Waals surface area contributed by atoms with E-state index in [0.717, 1.165) is 29.3 Å². The van der Waals surface area contributed by atoms with E-state index in [0.29, 0.717) is 17.0 Å². The van der Waals surface area contributed by atoms with Gasteiger partial charge in [-0.1, -0.05) is 41.9 Å². The average Bonchev–Trinajstić information content (AvgIpc) is 3.48. The zero-order valence-corrected chi connectivity index (χ0v) is 16.4. The first-order chi connectivity index (χ1) is 13.5. The van der Waals surface area contributed by atoms with Crippen LogP contribution in [0.5, 0.6) is 0 Å². The fourth-order valence-electron chi connectivity index (χ4n) is 3.49. The summed E-state index contributed by atoms with van der Waals surface area (Å²) in [6.07, 6.45) is 4.35. The van der Waals surface area contributed by atoms with E-state index in [4.69, 9.17) is 11.6 Å². The molecule has 1 aliphatic carbocycles. The molecule has 28 heavy (non-hydrogen) atoms. The van der Waals surface area contributed by atoms with Crippen molar-refractivity contribution in [2.45, 2.75) is 31.3 Å². The van der Waals surface area contributed by atoms with Gasteiger partial charge in [0, 0.05) is 36.6 Å². The number of nitrogens with zero attached hydrogens (tertiary/aromatic N) is 1. The summed E-state index contributed by atoms with van der Waals surface area (Å²) in [6.45, 7) is 0. The lowest BCUT2D eigenvalue weighted by molar-refractivity contribution is -0.132. The van der Waals surface area contributed by atoms with E-state index in [-0.39, 0.29) is 17.9 Å². The number of H-pyrrole nitrogens is 1. The molecule has 0 saturated heterocycles. The van der Waals surface area contributed by atoms with Crippen LogP contribution < -0.4 is 5.32 Å². The summed E-state index contributed by atoms with van der Waals surface area (Å²) < 4.78 is 0. The second-order valence-corrected chi connectivity index (χ2v) is 7.66. The third kappa shape index (κ3) is 3.76. The first kappa shape index (κ1) is 18.6. The van der Waals surface area contributed by atoms with Gasteiger partial charge in [-0.2, -0.15) is 0 Å². The largest absolute Gasteiger partial charge is 0.361 e. The number of hydrogen-bond donors (Lipinski definition) is 2. The number of likely N-dealkylation sites (N-methyl/N-ethyl adjacent to an activating group) is 1. The molecule has 4 rings (SSSR count). The molecule has 1 heterocycles. The highest BCUT2D eigenvalue weighted by Crippen LogP contribution is 2.27. The predicted molar refractivity (Wildman–Crippen MR) is 111 cm³/mol. The Morgan fingerprint density at radius 1 is 1.18 bits per heavy atom. The fraction of sp³-hybridized carbons (Fsp3) is 0.273. The fourth-order valence-corrected chi connectivity index (χ4v) is 3.71. The Morgan fingerprint density at radius 2 is 1.89 bits per heavy atom. The molecule has 3 aromatic rings. The number of nitrogens with one attached hydrogen (secondary N) is 2. The number of para-hydroxylation sites is 1. The molecule has 1 aliphatic rings. The van der Waals surface area contributed by atoms with Gasteiger partial charge in [-0.15, -0.1) is 0 Å². The standard InChI is InChI=1S/C22H22ClN3O2/c1-26(15-10-11-15)22(28)20(25-21(27)17-7-2-4-8-18(17)23)12-14-13-24-19-9-5-3-6-16(14)19/h2-9,13,15,20,24H,10-12H2,1H3,(H,25,27). The molecule has 0 radical (unpaired) electrons. The zero-order chi connectivity index (χ0) is 19.7. The van der Waals surface area contributed by atoms with Gasteiger partial charge in [0.1, 0.15) is 6.04 Å². The monoisotopic (exact) mass is 395 g/mol. The number of aromatic nitrogens is 1.